The molecule has 0 aliphatic carbocycles. The van der Waals surface area contributed by atoms with Gasteiger partial charge in [-0.15, -0.1) is 0 Å². The molecule has 0 aromatic heterocycles. The fourth-order valence-electron chi connectivity index (χ4n) is 0.685. The van der Waals surface area contributed by atoms with Gasteiger partial charge in [0.15, 0.2) is 0 Å². The molecule has 0 spiro atoms. The van der Waals surface area contributed by atoms with Gasteiger partial charge in [-0.05, 0) is 30.7 Å². The summed E-state index contributed by atoms with van der Waals surface area (Å²) in [7, 11) is 0. The van der Waals surface area contributed by atoms with E-state index in [4.69, 9.17) is 11.6 Å². The summed E-state index contributed by atoms with van der Waals surface area (Å²) in [5.74, 6) is 0. The normalized spacial score (nSPS) is 8.33. The van der Waals surface area contributed by atoms with Gasteiger partial charge < -0.3 is 0 Å². The standard InChI is InChI=1S/C8H7ClO.C2H6/c1-6-2-4-7(5-3-6)8(9)10;1-2/h2-5H,1H3;1-2H3. The van der Waals surface area contributed by atoms with Crippen molar-refractivity contribution in [2.75, 3.05) is 0 Å². The van der Waals surface area contributed by atoms with E-state index >= 15 is 0 Å². The van der Waals surface area contributed by atoms with E-state index in [-0.39, 0.29) is 0 Å². The summed E-state index contributed by atoms with van der Waals surface area (Å²) >= 11 is 5.22. The minimum atomic E-state index is -0.403. The highest BCUT2D eigenvalue weighted by atomic mass is 35.5. The Morgan fingerprint density at radius 3 is 1.92 bits per heavy atom. The van der Waals surface area contributed by atoms with Crippen LogP contribution in [0.15, 0.2) is 24.3 Å². The predicted molar refractivity (Wildman–Crippen MR) is 52.7 cm³/mol. The van der Waals surface area contributed by atoms with E-state index < -0.39 is 5.24 Å². The molecule has 1 aromatic carbocycles. The highest BCUT2D eigenvalue weighted by Gasteiger charge is 1.97. The Bertz CT molecular complexity index is 239. The summed E-state index contributed by atoms with van der Waals surface area (Å²) in [4.78, 5) is 10.5. The molecule has 0 aliphatic rings. The third kappa shape index (κ3) is 3.54. The van der Waals surface area contributed by atoms with Crippen LogP contribution >= 0.6 is 11.6 Å². The highest BCUT2D eigenvalue weighted by Crippen LogP contribution is 2.05. The molecule has 0 radical (unpaired) electrons. The van der Waals surface area contributed by atoms with Gasteiger partial charge >= 0.3 is 0 Å². The molecule has 0 saturated carbocycles. The Kier molecular flexibility index (Phi) is 5.39. The van der Waals surface area contributed by atoms with Crippen LogP contribution in [0.3, 0.4) is 0 Å². The molecule has 0 heterocycles. The first-order valence-corrected chi connectivity index (χ1v) is 4.34. The largest absolute Gasteiger partial charge is 0.276 e. The van der Waals surface area contributed by atoms with E-state index in [0.29, 0.717) is 5.56 Å². The minimum absolute atomic E-state index is 0.403. The van der Waals surface area contributed by atoms with Gasteiger partial charge in [0.2, 0.25) is 0 Å². The summed E-state index contributed by atoms with van der Waals surface area (Å²) in [6, 6.07) is 7.14. The molecule has 66 valence electrons. The van der Waals surface area contributed by atoms with Gasteiger partial charge in [0.1, 0.15) is 0 Å². The zero-order valence-corrected chi connectivity index (χ0v) is 8.35. The van der Waals surface area contributed by atoms with E-state index in [1.54, 1.807) is 12.1 Å². The molecule has 0 bridgehead atoms. The molecule has 0 fully saturated rings. The first-order chi connectivity index (χ1) is 5.70. The molecular weight excluding hydrogens is 172 g/mol. The Hall–Kier alpha value is -0.820. The third-order valence-corrected chi connectivity index (χ3v) is 1.50. The number of halogens is 1. The maximum absolute atomic E-state index is 10.5. The first kappa shape index (κ1) is 11.2. The predicted octanol–water partition coefficient (Wildman–Crippen LogP) is 3.40. The molecule has 12 heavy (non-hydrogen) atoms. The Balaban J connectivity index is 0.000000561. The molecule has 0 N–H and O–H groups in total. The van der Waals surface area contributed by atoms with Crippen molar-refractivity contribution in [2.24, 2.45) is 0 Å². The van der Waals surface area contributed by atoms with Crippen molar-refractivity contribution in [3.05, 3.63) is 35.4 Å². The van der Waals surface area contributed by atoms with Gasteiger partial charge in [0.05, 0.1) is 0 Å². The molecular formula is C10H13ClO. The lowest BCUT2D eigenvalue weighted by molar-refractivity contribution is 0.108. The number of benzene rings is 1. The number of aryl methyl sites for hydroxylation is 1. The zero-order chi connectivity index (χ0) is 9.56. The van der Waals surface area contributed by atoms with Crippen LogP contribution < -0.4 is 0 Å². The number of hydrogen-bond donors (Lipinski definition) is 0. The maximum Gasteiger partial charge on any atom is 0.252 e. The molecule has 0 saturated heterocycles. The maximum atomic E-state index is 10.5. The van der Waals surface area contributed by atoms with Gasteiger partial charge in [0.25, 0.3) is 5.24 Å². The second kappa shape index (κ2) is 5.78. The second-order valence-corrected chi connectivity index (χ2v) is 2.48. The van der Waals surface area contributed by atoms with Crippen molar-refractivity contribution in [1.29, 1.82) is 0 Å². The van der Waals surface area contributed by atoms with Crippen LogP contribution in [0.1, 0.15) is 29.8 Å². The van der Waals surface area contributed by atoms with Crippen LogP contribution in [0.25, 0.3) is 0 Å². The molecule has 2 heteroatoms. The third-order valence-electron chi connectivity index (χ3n) is 1.28. The summed E-state index contributed by atoms with van der Waals surface area (Å²) in [5, 5.41) is -0.403. The van der Waals surface area contributed by atoms with E-state index in [1.807, 2.05) is 32.9 Å². The molecule has 1 nitrogen and oxygen atoms in total. The topological polar surface area (TPSA) is 17.1 Å². The van der Waals surface area contributed by atoms with Crippen molar-refractivity contribution in [2.45, 2.75) is 20.8 Å². The first-order valence-electron chi connectivity index (χ1n) is 3.96. The van der Waals surface area contributed by atoms with Gasteiger partial charge in [-0.25, -0.2) is 0 Å². The number of rotatable bonds is 1. The molecule has 0 amide bonds. The smallest absolute Gasteiger partial charge is 0.252 e. The van der Waals surface area contributed by atoms with Crippen LogP contribution in [0.2, 0.25) is 0 Å². The second-order valence-electron chi connectivity index (χ2n) is 2.14. The summed E-state index contributed by atoms with van der Waals surface area (Å²) in [5.41, 5.74) is 1.67. The molecule has 1 rings (SSSR count). The fraction of sp³-hybridized carbons (Fsp3) is 0.300. The van der Waals surface area contributed by atoms with Gasteiger partial charge in [-0.1, -0.05) is 31.5 Å². The van der Waals surface area contributed by atoms with Crippen molar-refractivity contribution in [3.8, 4) is 0 Å². The van der Waals surface area contributed by atoms with E-state index in [9.17, 15) is 4.79 Å². The van der Waals surface area contributed by atoms with Crippen molar-refractivity contribution in [1.82, 2.24) is 0 Å². The lowest BCUT2D eigenvalue weighted by Crippen LogP contribution is -1.86. The van der Waals surface area contributed by atoms with Gasteiger partial charge in [0, 0.05) is 5.56 Å². The summed E-state index contributed by atoms with van der Waals surface area (Å²) in [6.45, 7) is 5.96. The molecule has 0 atom stereocenters. The van der Waals surface area contributed by atoms with E-state index in [1.165, 1.54) is 0 Å². The van der Waals surface area contributed by atoms with E-state index in [2.05, 4.69) is 0 Å². The van der Waals surface area contributed by atoms with Crippen LogP contribution in [-0.2, 0) is 0 Å². The van der Waals surface area contributed by atoms with Gasteiger partial charge in [-0.2, -0.15) is 0 Å². The van der Waals surface area contributed by atoms with Crippen LogP contribution in [-0.4, -0.2) is 5.24 Å². The zero-order valence-electron chi connectivity index (χ0n) is 7.60. The number of carbonyl (C=O) groups excluding carboxylic acids is 1. The van der Waals surface area contributed by atoms with Crippen molar-refractivity contribution < 1.29 is 4.79 Å². The van der Waals surface area contributed by atoms with Crippen LogP contribution in [0, 0.1) is 6.92 Å². The quantitative estimate of drug-likeness (QED) is 0.612. The Morgan fingerprint density at radius 1 is 1.17 bits per heavy atom. The van der Waals surface area contributed by atoms with Crippen LogP contribution in [0.5, 0.6) is 0 Å². The lowest BCUT2D eigenvalue weighted by Gasteiger charge is -1.92. The van der Waals surface area contributed by atoms with Crippen LogP contribution in [0.4, 0.5) is 0 Å². The Labute approximate surface area is 78.4 Å². The fourth-order valence-corrected chi connectivity index (χ4v) is 0.811. The Morgan fingerprint density at radius 2 is 1.58 bits per heavy atom. The molecule has 1 aromatic rings. The summed E-state index contributed by atoms with van der Waals surface area (Å²) < 4.78 is 0. The SMILES string of the molecule is CC.Cc1ccc(C(=O)Cl)cc1. The van der Waals surface area contributed by atoms with Gasteiger partial charge in [-0.3, -0.25) is 4.79 Å². The van der Waals surface area contributed by atoms with Crippen molar-refractivity contribution in [3.63, 3.8) is 0 Å². The van der Waals surface area contributed by atoms with E-state index in [0.717, 1.165) is 5.56 Å². The summed E-state index contributed by atoms with van der Waals surface area (Å²) in [6.07, 6.45) is 0. The van der Waals surface area contributed by atoms with Crippen molar-refractivity contribution >= 4 is 16.8 Å². The monoisotopic (exact) mass is 184 g/mol. The molecule has 0 aliphatic heterocycles. The lowest BCUT2D eigenvalue weighted by atomic mass is 10.2. The highest BCUT2D eigenvalue weighted by molar-refractivity contribution is 6.67. The number of hydrogen-bond acceptors (Lipinski definition) is 1. The molecule has 0 unspecified atom stereocenters. The average Bonchev–Trinajstić information content (AvgIpc) is 2.09. The number of carbonyl (C=O) groups is 1. The minimum Gasteiger partial charge on any atom is -0.276 e. The average molecular weight is 185 g/mol.